The van der Waals surface area contributed by atoms with Crippen molar-refractivity contribution < 1.29 is 18.3 Å². The Morgan fingerprint density at radius 1 is 1.14 bits per heavy atom. The van der Waals surface area contributed by atoms with Gasteiger partial charge in [-0.3, -0.25) is 9.69 Å². The molecule has 3 rings (SSSR count). The second-order valence-electron chi connectivity index (χ2n) is 6.59. The molecule has 0 spiro atoms. The largest absolute Gasteiger partial charge is 0.484 e. The van der Waals surface area contributed by atoms with E-state index in [1.165, 1.54) is 24.3 Å². The Morgan fingerprint density at radius 3 is 2.43 bits per heavy atom. The number of carbonyl (C=O) groups excluding carboxylic acids is 1. The zero-order chi connectivity index (χ0) is 20.4. The van der Waals surface area contributed by atoms with Crippen LogP contribution in [0, 0.1) is 32.4 Å². The van der Waals surface area contributed by atoms with Gasteiger partial charge < -0.3 is 4.74 Å². The van der Waals surface area contributed by atoms with Gasteiger partial charge in [0.15, 0.2) is 16.7 Å². The highest BCUT2D eigenvalue weighted by atomic mass is 32.1. The third-order valence-electron chi connectivity index (χ3n) is 4.17. The van der Waals surface area contributed by atoms with Crippen LogP contribution in [0.1, 0.15) is 29.3 Å². The number of aromatic nitrogens is 1. The van der Waals surface area contributed by atoms with Crippen LogP contribution in [0.15, 0.2) is 35.7 Å². The fourth-order valence-electron chi connectivity index (χ4n) is 3.12. The molecule has 2 aromatic carbocycles. The lowest BCUT2D eigenvalue weighted by atomic mass is 10.0. The van der Waals surface area contributed by atoms with E-state index in [9.17, 15) is 13.6 Å². The summed E-state index contributed by atoms with van der Waals surface area (Å²) >= 11 is 1.30. The molecule has 0 aliphatic carbocycles. The average Bonchev–Trinajstić information content (AvgIpc) is 3.05. The van der Waals surface area contributed by atoms with Crippen molar-refractivity contribution in [3.63, 3.8) is 0 Å². The molecule has 0 fully saturated rings. The van der Waals surface area contributed by atoms with E-state index in [2.05, 4.69) is 4.98 Å². The minimum atomic E-state index is -0.772. The fourth-order valence-corrected chi connectivity index (χ4v) is 3.98. The molecule has 0 N–H and O–H groups in total. The van der Waals surface area contributed by atoms with Gasteiger partial charge in [0.2, 0.25) is 5.91 Å². The van der Waals surface area contributed by atoms with E-state index in [0.717, 1.165) is 34.5 Å². The van der Waals surface area contributed by atoms with Gasteiger partial charge in [-0.05, 0) is 44.0 Å². The van der Waals surface area contributed by atoms with Crippen LogP contribution in [0.4, 0.5) is 19.6 Å². The molecule has 1 amide bonds. The number of aryl methyl sites for hydroxylation is 3. The predicted molar refractivity (Wildman–Crippen MR) is 106 cm³/mol. The summed E-state index contributed by atoms with van der Waals surface area (Å²) in [6.07, 6.45) is 0. The summed E-state index contributed by atoms with van der Waals surface area (Å²) in [6.45, 7) is 7.43. The molecular formula is C21H20F2N2O2S. The van der Waals surface area contributed by atoms with Gasteiger partial charge in [0.1, 0.15) is 12.4 Å². The van der Waals surface area contributed by atoms with Crippen molar-refractivity contribution in [1.29, 1.82) is 0 Å². The van der Waals surface area contributed by atoms with Crippen molar-refractivity contribution in [3.8, 4) is 5.75 Å². The van der Waals surface area contributed by atoms with Gasteiger partial charge in [0, 0.05) is 18.4 Å². The Bertz CT molecular complexity index is 1010. The average molecular weight is 402 g/mol. The normalized spacial score (nSPS) is 10.8. The van der Waals surface area contributed by atoms with Gasteiger partial charge in [-0.15, -0.1) is 11.3 Å². The molecular weight excluding hydrogens is 382 g/mol. The summed E-state index contributed by atoms with van der Waals surface area (Å²) in [5, 5.41) is 2.27. The van der Waals surface area contributed by atoms with E-state index < -0.39 is 11.6 Å². The summed E-state index contributed by atoms with van der Waals surface area (Å²) in [6, 6.07) is 7.17. The number of benzene rings is 2. The molecule has 0 aliphatic rings. The summed E-state index contributed by atoms with van der Waals surface area (Å²) in [5.41, 5.74) is 4.45. The number of hydrogen-bond donors (Lipinski definition) is 0. The van der Waals surface area contributed by atoms with Gasteiger partial charge in [0.05, 0.1) is 11.4 Å². The third-order valence-corrected chi connectivity index (χ3v) is 5.05. The maximum Gasteiger partial charge on any atom is 0.230 e. The summed E-state index contributed by atoms with van der Waals surface area (Å²) in [4.78, 5) is 18.4. The van der Waals surface area contributed by atoms with E-state index in [1.807, 2.05) is 32.9 Å². The first-order chi connectivity index (χ1) is 13.3. The zero-order valence-electron chi connectivity index (χ0n) is 16.0. The lowest BCUT2D eigenvalue weighted by Gasteiger charge is -2.23. The number of carbonyl (C=O) groups is 1. The number of nitrogens with zero attached hydrogens (tertiary/aromatic N) is 2. The van der Waals surface area contributed by atoms with E-state index in [0.29, 0.717) is 10.8 Å². The molecule has 1 heterocycles. The first-order valence-electron chi connectivity index (χ1n) is 8.67. The minimum Gasteiger partial charge on any atom is -0.484 e. The molecule has 0 bridgehead atoms. The van der Waals surface area contributed by atoms with Crippen molar-refractivity contribution in [2.45, 2.75) is 34.3 Å². The standard InChI is InChI=1S/C21H20F2N2O2S/c1-12-7-13(2)20(14(3)8-12)25(15(4)26)21-24-17(11-28-21)10-27-19-6-5-16(22)9-18(19)23/h5-9,11H,10H2,1-4H3. The second kappa shape index (κ2) is 8.06. The van der Waals surface area contributed by atoms with E-state index in [4.69, 9.17) is 4.74 Å². The Hall–Kier alpha value is -2.80. The molecule has 1 aromatic heterocycles. The fraction of sp³-hybridized carbons (Fsp3) is 0.238. The van der Waals surface area contributed by atoms with Crippen LogP contribution in [0.25, 0.3) is 0 Å². The highest BCUT2D eigenvalue weighted by Crippen LogP contribution is 2.34. The summed E-state index contributed by atoms with van der Waals surface area (Å²) < 4.78 is 32.1. The van der Waals surface area contributed by atoms with Crippen molar-refractivity contribution in [3.05, 3.63) is 69.7 Å². The number of halogens is 2. The number of anilines is 2. The maximum atomic E-state index is 13.7. The quantitative estimate of drug-likeness (QED) is 0.557. The minimum absolute atomic E-state index is 0.0106. The molecule has 7 heteroatoms. The zero-order valence-corrected chi connectivity index (χ0v) is 16.9. The van der Waals surface area contributed by atoms with Crippen molar-refractivity contribution >= 4 is 28.1 Å². The molecule has 4 nitrogen and oxygen atoms in total. The Labute approximate surface area is 166 Å². The predicted octanol–water partition coefficient (Wildman–Crippen LogP) is 5.61. The molecule has 0 aliphatic heterocycles. The van der Waals surface area contributed by atoms with Gasteiger partial charge in [-0.25, -0.2) is 13.8 Å². The number of ether oxygens (including phenoxy) is 1. The molecule has 0 saturated heterocycles. The molecule has 0 atom stereocenters. The SMILES string of the molecule is CC(=O)N(c1nc(COc2ccc(F)cc2F)cs1)c1c(C)cc(C)cc1C. The van der Waals surface area contributed by atoms with Crippen molar-refractivity contribution in [1.82, 2.24) is 4.98 Å². The monoisotopic (exact) mass is 402 g/mol. The van der Waals surface area contributed by atoms with E-state index >= 15 is 0 Å². The van der Waals surface area contributed by atoms with E-state index in [1.54, 1.807) is 10.3 Å². The van der Waals surface area contributed by atoms with Crippen LogP contribution in [0.5, 0.6) is 5.75 Å². The number of rotatable bonds is 5. The lowest BCUT2D eigenvalue weighted by Crippen LogP contribution is -2.24. The number of hydrogen-bond acceptors (Lipinski definition) is 4. The maximum absolute atomic E-state index is 13.7. The second-order valence-corrected chi connectivity index (χ2v) is 7.42. The van der Waals surface area contributed by atoms with Gasteiger partial charge in [-0.1, -0.05) is 17.7 Å². The van der Waals surface area contributed by atoms with Crippen LogP contribution in [-0.4, -0.2) is 10.9 Å². The molecule has 28 heavy (non-hydrogen) atoms. The Morgan fingerprint density at radius 2 is 1.82 bits per heavy atom. The first kappa shape index (κ1) is 19.9. The van der Waals surface area contributed by atoms with Crippen LogP contribution in [0.3, 0.4) is 0 Å². The summed E-state index contributed by atoms with van der Waals surface area (Å²) in [5.74, 6) is -1.64. The van der Waals surface area contributed by atoms with Gasteiger partial charge in [0.25, 0.3) is 0 Å². The highest BCUT2D eigenvalue weighted by molar-refractivity contribution is 7.14. The number of amides is 1. The molecule has 0 saturated carbocycles. The van der Waals surface area contributed by atoms with Crippen LogP contribution < -0.4 is 9.64 Å². The number of thiazole rings is 1. The molecule has 3 aromatic rings. The van der Waals surface area contributed by atoms with E-state index in [-0.39, 0.29) is 18.3 Å². The van der Waals surface area contributed by atoms with Gasteiger partial charge in [-0.2, -0.15) is 0 Å². The van der Waals surface area contributed by atoms with Crippen LogP contribution >= 0.6 is 11.3 Å². The van der Waals surface area contributed by atoms with Gasteiger partial charge >= 0.3 is 0 Å². The van der Waals surface area contributed by atoms with Crippen LogP contribution in [0.2, 0.25) is 0 Å². The summed E-state index contributed by atoms with van der Waals surface area (Å²) in [7, 11) is 0. The highest BCUT2D eigenvalue weighted by Gasteiger charge is 2.22. The Balaban J connectivity index is 1.85. The topological polar surface area (TPSA) is 42.4 Å². The smallest absolute Gasteiger partial charge is 0.230 e. The Kier molecular flexibility index (Phi) is 5.74. The van der Waals surface area contributed by atoms with Crippen molar-refractivity contribution in [2.75, 3.05) is 4.90 Å². The van der Waals surface area contributed by atoms with Crippen molar-refractivity contribution in [2.24, 2.45) is 0 Å². The lowest BCUT2D eigenvalue weighted by molar-refractivity contribution is -0.115. The molecule has 0 radical (unpaired) electrons. The third kappa shape index (κ3) is 4.20. The molecule has 0 unspecified atom stereocenters. The molecule has 146 valence electrons. The first-order valence-corrected chi connectivity index (χ1v) is 9.55. The van der Waals surface area contributed by atoms with Crippen LogP contribution in [-0.2, 0) is 11.4 Å².